The second kappa shape index (κ2) is 9.90. The normalized spacial score (nSPS) is 13.1. The van der Waals surface area contributed by atoms with Gasteiger partial charge in [-0.1, -0.05) is 30.3 Å². The lowest BCUT2D eigenvalue weighted by atomic mass is 10.1. The number of carboxylic acid groups (broad SMARTS) is 1. The van der Waals surface area contributed by atoms with Crippen LogP contribution in [0.2, 0.25) is 0 Å². The van der Waals surface area contributed by atoms with Crippen molar-refractivity contribution in [3.05, 3.63) is 35.9 Å². The number of carbonyl (C=O) groups is 1. The van der Waals surface area contributed by atoms with E-state index < -0.39 is 12.0 Å². The second-order valence-electron chi connectivity index (χ2n) is 4.79. The Morgan fingerprint density at radius 3 is 2.71 bits per heavy atom. The molecule has 0 spiro atoms. The number of hydrogen-bond donors (Lipinski definition) is 3. The molecule has 6 nitrogen and oxygen atoms in total. The molecule has 0 saturated heterocycles. The van der Waals surface area contributed by atoms with E-state index >= 15 is 0 Å². The monoisotopic (exact) mass is 293 g/mol. The van der Waals surface area contributed by atoms with Crippen molar-refractivity contribution in [1.82, 2.24) is 5.48 Å². The number of aliphatic carboxylic acids is 1. The Bertz CT molecular complexity index is 445. The zero-order valence-corrected chi connectivity index (χ0v) is 12.3. The average molecular weight is 293 g/mol. The highest BCUT2D eigenvalue weighted by Gasteiger charge is 2.15. The Morgan fingerprint density at radius 1 is 1.38 bits per heavy atom. The highest BCUT2D eigenvalue weighted by atomic mass is 16.6. The summed E-state index contributed by atoms with van der Waals surface area (Å²) in [5, 5.41) is 8.99. The predicted octanol–water partition coefficient (Wildman–Crippen LogP) is 1.71. The second-order valence-corrected chi connectivity index (χ2v) is 4.79. The van der Waals surface area contributed by atoms with Crippen LogP contribution >= 0.6 is 0 Å². The summed E-state index contributed by atoms with van der Waals surface area (Å²) >= 11 is 0. The van der Waals surface area contributed by atoms with Crippen LogP contribution < -0.4 is 11.2 Å². The van der Waals surface area contributed by atoms with Crippen LogP contribution in [0, 0.1) is 0 Å². The quantitative estimate of drug-likeness (QED) is 0.264. The molecule has 0 aliphatic heterocycles. The summed E-state index contributed by atoms with van der Waals surface area (Å²) in [6.45, 7) is 2.77. The van der Waals surface area contributed by atoms with Gasteiger partial charge in [-0.25, -0.2) is 10.3 Å². The van der Waals surface area contributed by atoms with E-state index in [0.717, 1.165) is 18.4 Å². The van der Waals surface area contributed by atoms with Crippen molar-refractivity contribution in [1.29, 1.82) is 0 Å². The van der Waals surface area contributed by atoms with E-state index in [4.69, 9.17) is 15.7 Å². The maximum absolute atomic E-state index is 11.0. The molecule has 0 saturated carbocycles. The van der Waals surface area contributed by atoms with E-state index in [-0.39, 0.29) is 0 Å². The van der Waals surface area contributed by atoms with Crippen molar-refractivity contribution in [2.75, 3.05) is 6.54 Å². The number of nitrogens with two attached hydrogens (primary N) is 1. The lowest BCUT2D eigenvalue weighted by Crippen LogP contribution is -2.22. The van der Waals surface area contributed by atoms with E-state index in [9.17, 15) is 4.79 Å². The molecule has 0 aliphatic carbocycles. The Balaban J connectivity index is 2.08. The number of amidine groups is 1. The molecule has 0 radical (unpaired) electrons. The first kappa shape index (κ1) is 17.1. The number of nitrogens with one attached hydrogen (secondary N) is 1. The molecule has 1 atom stereocenters. The number of carboxylic acids is 1. The molecule has 0 aliphatic rings. The van der Waals surface area contributed by atoms with E-state index in [1.807, 2.05) is 30.3 Å². The molecule has 21 heavy (non-hydrogen) atoms. The number of hydroxylamine groups is 1. The van der Waals surface area contributed by atoms with E-state index in [2.05, 4.69) is 10.5 Å². The van der Waals surface area contributed by atoms with Gasteiger partial charge in [0.15, 0.2) is 0 Å². The van der Waals surface area contributed by atoms with Gasteiger partial charge in [-0.15, -0.1) is 0 Å². The summed E-state index contributed by atoms with van der Waals surface area (Å²) in [6, 6.07) is 9.12. The number of hydrogen-bond acceptors (Lipinski definition) is 4. The first-order chi connectivity index (χ1) is 10.1. The van der Waals surface area contributed by atoms with Gasteiger partial charge < -0.3 is 10.8 Å². The van der Waals surface area contributed by atoms with Crippen LogP contribution in [0.15, 0.2) is 35.3 Å². The third-order valence-corrected chi connectivity index (χ3v) is 2.83. The number of unbranched alkanes of at least 4 members (excludes halogenated alkanes) is 1. The van der Waals surface area contributed by atoms with Crippen LogP contribution in [0.1, 0.15) is 31.7 Å². The topological polar surface area (TPSA) is 96.9 Å². The lowest BCUT2D eigenvalue weighted by Gasteiger charge is -2.09. The molecule has 0 aromatic heterocycles. The standard InChI is InChI=1S/C15H23N3O3/c1-12(16)18-14(15(19)20)9-5-6-10-17-21-11-13-7-3-2-4-8-13/h2-4,7-8,14,17H,5-6,9-11H2,1H3,(H2,16,18)(H,19,20)/t14-/m0/s1. The molecule has 1 aromatic rings. The molecule has 1 aromatic carbocycles. The number of aliphatic imine (C=N–C) groups is 1. The first-order valence-corrected chi connectivity index (χ1v) is 7.01. The van der Waals surface area contributed by atoms with Gasteiger partial charge in [0.25, 0.3) is 0 Å². The van der Waals surface area contributed by atoms with E-state index in [1.54, 1.807) is 6.92 Å². The molecule has 0 bridgehead atoms. The van der Waals surface area contributed by atoms with Crippen LogP contribution in [0.5, 0.6) is 0 Å². The molecular formula is C15H23N3O3. The van der Waals surface area contributed by atoms with Gasteiger partial charge in [0, 0.05) is 6.54 Å². The van der Waals surface area contributed by atoms with Gasteiger partial charge in [-0.05, 0) is 31.7 Å². The summed E-state index contributed by atoms with van der Waals surface area (Å²) in [5.41, 5.74) is 9.38. The summed E-state index contributed by atoms with van der Waals surface area (Å²) in [6.07, 6.45) is 2.04. The minimum atomic E-state index is -0.937. The maximum Gasteiger partial charge on any atom is 0.328 e. The minimum absolute atomic E-state index is 0.298. The minimum Gasteiger partial charge on any atom is -0.480 e. The zero-order chi connectivity index (χ0) is 15.5. The molecule has 0 heterocycles. The smallest absolute Gasteiger partial charge is 0.328 e. The van der Waals surface area contributed by atoms with Gasteiger partial charge in [0.2, 0.25) is 0 Å². The molecule has 4 N–H and O–H groups in total. The van der Waals surface area contributed by atoms with Gasteiger partial charge >= 0.3 is 5.97 Å². The number of nitrogens with zero attached hydrogens (tertiary/aromatic N) is 1. The largest absolute Gasteiger partial charge is 0.480 e. The third kappa shape index (κ3) is 8.06. The van der Waals surface area contributed by atoms with Crippen molar-refractivity contribution < 1.29 is 14.7 Å². The molecule has 0 fully saturated rings. The number of benzene rings is 1. The van der Waals surface area contributed by atoms with E-state index in [1.165, 1.54) is 0 Å². The van der Waals surface area contributed by atoms with Gasteiger partial charge in [0.05, 0.1) is 12.4 Å². The Morgan fingerprint density at radius 2 is 2.10 bits per heavy atom. The van der Waals surface area contributed by atoms with Gasteiger partial charge in [-0.2, -0.15) is 0 Å². The summed E-state index contributed by atoms with van der Waals surface area (Å²) < 4.78 is 0. The molecule has 1 rings (SSSR count). The molecular weight excluding hydrogens is 270 g/mol. The molecule has 0 unspecified atom stereocenters. The third-order valence-electron chi connectivity index (χ3n) is 2.83. The van der Waals surface area contributed by atoms with Crippen molar-refractivity contribution >= 4 is 11.8 Å². The molecule has 116 valence electrons. The van der Waals surface area contributed by atoms with Crippen LogP contribution in [0.25, 0.3) is 0 Å². The van der Waals surface area contributed by atoms with Gasteiger partial charge in [-0.3, -0.25) is 9.83 Å². The first-order valence-electron chi connectivity index (χ1n) is 7.01. The summed E-state index contributed by atoms with van der Waals surface area (Å²) in [4.78, 5) is 20.2. The average Bonchev–Trinajstić information content (AvgIpc) is 2.45. The highest BCUT2D eigenvalue weighted by Crippen LogP contribution is 2.05. The van der Waals surface area contributed by atoms with E-state index in [0.29, 0.717) is 25.4 Å². The predicted molar refractivity (Wildman–Crippen MR) is 81.8 cm³/mol. The fourth-order valence-electron chi connectivity index (χ4n) is 1.80. The Kier molecular flexibility index (Phi) is 8.08. The zero-order valence-electron chi connectivity index (χ0n) is 12.3. The van der Waals surface area contributed by atoms with Crippen molar-refractivity contribution in [3.63, 3.8) is 0 Å². The van der Waals surface area contributed by atoms with Crippen molar-refractivity contribution in [2.45, 2.75) is 38.8 Å². The fraction of sp³-hybridized carbons (Fsp3) is 0.467. The van der Waals surface area contributed by atoms with Crippen LogP contribution in [0.4, 0.5) is 0 Å². The maximum atomic E-state index is 11.0. The Hall–Kier alpha value is -1.92. The van der Waals surface area contributed by atoms with Crippen molar-refractivity contribution in [3.8, 4) is 0 Å². The molecule has 0 amide bonds. The van der Waals surface area contributed by atoms with Crippen LogP contribution in [-0.4, -0.2) is 29.5 Å². The van der Waals surface area contributed by atoms with Crippen LogP contribution in [0.3, 0.4) is 0 Å². The fourth-order valence-corrected chi connectivity index (χ4v) is 1.80. The van der Waals surface area contributed by atoms with Gasteiger partial charge in [0.1, 0.15) is 6.04 Å². The molecule has 6 heteroatoms. The lowest BCUT2D eigenvalue weighted by molar-refractivity contribution is -0.138. The number of rotatable bonds is 10. The summed E-state index contributed by atoms with van der Waals surface area (Å²) in [5.74, 6) is -0.639. The highest BCUT2D eigenvalue weighted by molar-refractivity contribution is 5.82. The van der Waals surface area contributed by atoms with Crippen molar-refractivity contribution in [2.24, 2.45) is 10.7 Å². The Labute approximate surface area is 125 Å². The SMILES string of the molecule is CC(N)=N[C@@H](CCCCNOCc1ccccc1)C(=O)O. The van der Waals surface area contributed by atoms with Crippen LogP contribution in [-0.2, 0) is 16.2 Å². The summed E-state index contributed by atoms with van der Waals surface area (Å²) in [7, 11) is 0.